The second-order valence-corrected chi connectivity index (χ2v) is 10.1. The van der Waals surface area contributed by atoms with Crippen molar-refractivity contribution in [1.82, 2.24) is 9.80 Å². The van der Waals surface area contributed by atoms with E-state index in [4.69, 9.17) is 4.74 Å². The Hall–Kier alpha value is -1.72. The van der Waals surface area contributed by atoms with Crippen molar-refractivity contribution in [3.63, 3.8) is 0 Å². The van der Waals surface area contributed by atoms with Crippen molar-refractivity contribution >= 4 is 11.6 Å². The Morgan fingerprint density at radius 2 is 1.77 bits per heavy atom. The molecule has 1 aromatic rings. The molecular weight excluding hydrogens is 386 g/mol. The summed E-state index contributed by atoms with van der Waals surface area (Å²) in [4.78, 5) is 22.6. The quantitative estimate of drug-likeness (QED) is 0.747. The number of amides is 1. The smallest absolute Gasteiger partial charge is 0.225 e. The van der Waals surface area contributed by atoms with Crippen LogP contribution in [0.4, 0.5) is 0 Å². The molecule has 0 aromatic heterocycles. The summed E-state index contributed by atoms with van der Waals surface area (Å²) in [5, 5.41) is 0. The third-order valence-electron chi connectivity index (χ3n) is 8.41. The number of aliphatic imine (C=N–C) groups is 1. The van der Waals surface area contributed by atoms with Gasteiger partial charge in [-0.25, -0.2) is 0 Å². The lowest BCUT2D eigenvalue weighted by Gasteiger charge is -2.42. The first-order valence-corrected chi connectivity index (χ1v) is 12.3. The van der Waals surface area contributed by atoms with E-state index in [1.807, 2.05) is 7.05 Å². The van der Waals surface area contributed by atoms with Crippen LogP contribution in [0.5, 0.6) is 0 Å². The molecule has 1 amide bonds. The molecule has 4 aliphatic rings. The van der Waals surface area contributed by atoms with E-state index in [1.54, 1.807) is 0 Å². The van der Waals surface area contributed by atoms with E-state index in [-0.39, 0.29) is 11.3 Å². The summed E-state index contributed by atoms with van der Waals surface area (Å²) in [6, 6.07) is 8.79. The second-order valence-electron chi connectivity index (χ2n) is 10.1. The summed E-state index contributed by atoms with van der Waals surface area (Å²) in [6.07, 6.45) is 7.62. The van der Waals surface area contributed by atoms with Gasteiger partial charge >= 0.3 is 0 Å². The predicted molar refractivity (Wildman–Crippen MR) is 124 cm³/mol. The minimum absolute atomic E-state index is 0.190. The van der Waals surface area contributed by atoms with E-state index in [9.17, 15) is 4.79 Å². The Labute approximate surface area is 186 Å². The second kappa shape index (κ2) is 9.03. The summed E-state index contributed by atoms with van der Waals surface area (Å²) in [5.41, 5.74) is 4.23. The Bertz CT molecular complexity index is 814. The van der Waals surface area contributed by atoms with Crippen molar-refractivity contribution in [3.05, 3.63) is 35.4 Å². The Morgan fingerprint density at radius 1 is 1.06 bits per heavy atom. The number of piperidine rings is 2. The van der Waals surface area contributed by atoms with Crippen LogP contribution in [0.15, 0.2) is 29.3 Å². The van der Waals surface area contributed by atoms with Gasteiger partial charge in [0.2, 0.25) is 5.91 Å². The van der Waals surface area contributed by atoms with Crippen LogP contribution >= 0.6 is 0 Å². The van der Waals surface area contributed by atoms with Gasteiger partial charge < -0.3 is 14.5 Å². The zero-order chi connectivity index (χ0) is 21.3. The van der Waals surface area contributed by atoms with Gasteiger partial charge in [-0.15, -0.1) is 0 Å². The molecule has 0 atom stereocenters. The lowest BCUT2D eigenvalue weighted by atomic mass is 9.73. The van der Waals surface area contributed by atoms with Crippen molar-refractivity contribution in [2.24, 2.45) is 16.8 Å². The third kappa shape index (κ3) is 4.19. The minimum atomic E-state index is 0.190. The molecule has 1 aromatic carbocycles. The number of carbonyl (C=O) groups excluding carboxylic acids is 1. The number of ether oxygens (including phenoxy) is 1. The molecule has 5 nitrogen and oxygen atoms in total. The van der Waals surface area contributed by atoms with E-state index in [1.165, 1.54) is 36.2 Å². The van der Waals surface area contributed by atoms with Crippen LogP contribution in [0.3, 0.4) is 0 Å². The Balaban J connectivity index is 1.14. The molecule has 0 bridgehead atoms. The van der Waals surface area contributed by atoms with Gasteiger partial charge in [-0.2, -0.15) is 0 Å². The number of likely N-dealkylation sites (tertiary alicyclic amines) is 2. The SMILES string of the molecule is CN=C1CC2(CCN(C(=O)C3CCN(CC4CCOCC4)CC3)CC2)c2ccccc21. The van der Waals surface area contributed by atoms with Gasteiger partial charge in [0.1, 0.15) is 0 Å². The summed E-state index contributed by atoms with van der Waals surface area (Å²) in [7, 11) is 1.91. The van der Waals surface area contributed by atoms with Gasteiger partial charge in [0, 0.05) is 56.9 Å². The van der Waals surface area contributed by atoms with Gasteiger partial charge in [0.15, 0.2) is 0 Å². The molecule has 0 radical (unpaired) electrons. The highest BCUT2D eigenvalue weighted by molar-refractivity contribution is 6.06. The summed E-state index contributed by atoms with van der Waals surface area (Å²) in [6.45, 7) is 6.99. The van der Waals surface area contributed by atoms with Crippen LogP contribution in [0.1, 0.15) is 56.1 Å². The number of rotatable bonds is 3. The Kier molecular flexibility index (Phi) is 6.16. The maximum atomic E-state index is 13.3. The molecule has 0 unspecified atom stereocenters. The summed E-state index contributed by atoms with van der Waals surface area (Å²) >= 11 is 0. The van der Waals surface area contributed by atoms with Gasteiger partial charge in [-0.3, -0.25) is 9.79 Å². The molecule has 3 fully saturated rings. The largest absolute Gasteiger partial charge is 0.381 e. The minimum Gasteiger partial charge on any atom is -0.381 e. The third-order valence-corrected chi connectivity index (χ3v) is 8.41. The molecule has 3 aliphatic heterocycles. The van der Waals surface area contributed by atoms with Crippen LogP contribution in [-0.2, 0) is 14.9 Å². The lowest BCUT2D eigenvalue weighted by molar-refractivity contribution is -0.138. The van der Waals surface area contributed by atoms with Crippen molar-refractivity contribution in [2.75, 3.05) is 53.0 Å². The van der Waals surface area contributed by atoms with Crippen molar-refractivity contribution in [1.29, 1.82) is 0 Å². The first-order chi connectivity index (χ1) is 15.2. The predicted octanol–water partition coefficient (Wildman–Crippen LogP) is 3.51. The monoisotopic (exact) mass is 423 g/mol. The molecule has 1 spiro atoms. The number of carbonyl (C=O) groups is 1. The molecule has 1 aliphatic carbocycles. The van der Waals surface area contributed by atoms with E-state index in [0.29, 0.717) is 5.91 Å². The molecule has 5 rings (SSSR count). The van der Waals surface area contributed by atoms with Gasteiger partial charge in [-0.1, -0.05) is 24.3 Å². The van der Waals surface area contributed by atoms with E-state index in [2.05, 4.69) is 39.1 Å². The van der Waals surface area contributed by atoms with Crippen LogP contribution in [0, 0.1) is 11.8 Å². The van der Waals surface area contributed by atoms with Crippen LogP contribution in [0.25, 0.3) is 0 Å². The molecule has 3 heterocycles. The van der Waals surface area contributed by atoms with Crippen molar-refractivity contribution in [3.8, 4) is 0 Å². The fourth-order valence-corrected chi connectivity index (χ4v) is 6.42. The fraction of sp³-hybridized carbons (Fsp3) is 0.692. The lowest BCUT2D eigenvalue weighted by Crippen LogP contribution is -2.49. The summed E-state index contributed by atoms with van der Waals surface area (Å²) in [5.74, 6) is 1.42. The number of nitrogens with zero attached hydrogens (tertiary/aromatic N) is 3. The molecule has 0 saturated carbocycles. The highest BCUT2D eigenvalue weighted by Gasteiger charge is 2.45. The topological polar surface area (TPSA) is 45.1 Å². The zero-order valence-electron chi connectivity index (χ0n) is 19.0. The van der Waals surface area contributed by atoms with Crippen molar-refractivity contribution in [2.45, 2.75) is 50.4 Å². The number of hydrogen-bond acceptors (Lipinski definition) is 4. The normalized spacial score (nSPS) is 26.5. The van der Waals surface area contributed by atoms with Crippen molar-refractivity contribution < 1.29 is 9.53 Å². The maximum Gasteiger partial charge on any atom is 0.225 e. The number of hydrogen-bond donors (Lipinski definition) is 0. The number of fused-ring (bicyclic) bond motifs is 2. The maximum absolute atomic E-state index is 13.3. The number of benzene rings is 1. The molecule has 0 N–H and O–H groups in total. The van der Waals surface area contributed by atoms with Gasteiger partial charge in [0.05, 0.1) is 0 Å². The highest BCUT2D eigenvalue weighted by Crippen LogP contribution is 2.46. The Morgan fingerprint density at radius 3 is 2.48 bits per heavy atom. The molecule has 5 heteroatoms. The average molecular weight is 424 g/mol. The van der Waals surface area contributed by atoms with Crippen LogP contribution < -0.4 is 0 Å². The van der Waals surface area contributed by atoms with Crippen LogP contribution in [0.2, 0.25) is 0 Å². The van der Waals surface area contributed by atoms with Gasteiger partial charge in [-0.05, 0) is 75.1 Å². The summed E-state index contributed by atoms with van der Waals surface area (Å²) < 4.78 is 5.50. The first kappa shape index (κ1) is 21.1. The van der Waals surface area contributed by atoms with Gasteiger partial charge in [0.25, 0.3) is 0 Å². The zero-order valence-corrected chi connectivity index (χ0v) is 19.0. The van der Waals surface area contributed by atoms with E-state index < -0.39 is 0 Å². The van der Waals surface area contributed by atoms with E-state index in [0.717, 1.165) is 77.4 Å². The molecule has 3 saturated heterocycles. The highest BCUT2D eigenvalue weighted by atomic mass is 16.5. The molecule has 168 valence electrons. The van der Waals surface area contributed by atoms with Crippen LogP contribution in [-0.4, -0.2) is 74.4 Å². The molecule has 31 heavy (non-hydrogen) atoms. The molecular formula is C26H37N3O2. The standard InChI is InChI=1S/C26H37N3O2/c1-27-24-18-26(23-5-3-2-4-22(23)24)10-14-29(15-11-26)25(30)21-6-12-28(13-7-21)19-20-8-16-31-17-9-20/h2-5,20-21H,6-19H2,1H3. The first-order valence-electron chi connectivity index (χ1n) is 12.3. The fourth-order valence-electron chi connectivity index (χ4n) is 6.42. The average Bonchev–Trinajstić information content (AvgIpc) is 3.14. The van der Waals surface area contributed by atoms with E-state index >= 15 is 0 Å².